The highest BCUT2D eigenvalue weighted by atomic mass is 16.5. The van der Waals surface area contributed by atoms with E-state index >= 15 is 0 Å². The third-order valence-electron chi connectivity index (χ3n) is 6.03. The maximum atomic E-state index is 13.5. The first kappa shape index (κ1) is 28.5. The van der Waals surface area contributed by atoms with Crippen molar-refractivity contribution in [2.45, 2.75) is 19.4 Å². The predicted molar refractivity (Wildman–Crippen MR) is 146 cm³/mol. The molecule has 38 heavy (non-hydrogen) atoms. The van der Waals surface area contributed by atoms with Crippen molar-refractivity contribution in [2.24, 2.45) is 0 Å². The quantitative estimate of drug-likeness (QED) is 0.218. The Hall–Kier alpha value is -4.04. The molecule has 0 aliphatic rings. The van der Waals surface area contributed by atoms with Gasteiger partial charge in [-0.25, -0.2) is 0 Å². The number of furan rings is 1. The first-order valence-corrected chi connectivity index (χ1v) is 12.6. The SMILES string of the molecule is COCCCN(CC(=O)N(CCc1ccc(OC)c(OC)c1)Cc1ccco1)C(=O)C=Cc1ccccc1. The Morgan fingerprint density at radius 2 is 1.68 bits per heavy atom. The van der Waals surface area contributed by atoms with Crippen molar-refractivity contribution < 1.29 is 28.2 Å². The van der Waals surface area contributed by atoms with Crippen LogP contribution in [0.2, 0.25) is 0 Å². The third kappa shape index (κ3) is 8.81. The van der Waals surface area contributed by atoms with Crippen LogP contribution in [0.25, 0.3) is 6.08 Å². The fourth-order valence-corrected chi connectivity index (χ4v) is 3.95. The first-order valence-electron chi connectivity index (χ1n) is 12.6. The average molecular weight is 521 g/mol. The van der Waals surface area contributed by atoms with Gasteiger partial charge in [0.25, 0.3) is 0 Å². The van der Waals surface area contributed by atoms with E-state index in [4.69, 9.17) is 18.6 Å². The van der Waals surface area contributed by atoms with Gasteiger partial charge in [0.1, 0.15) is 12.3 Å². The molecular weight excluding hydrogens is 484 g/mol. The normalized spacial score (nSPS) is 10.9. The van der Waals surface area contributed by atoms with Gasteiger partial charge in [0, 0.05) is 32.9 Å². The number of hydrogen-bond donors (Lipinski definition) is 0. The van der Waals surface area contributed by atoms with Gasteiger partial charge < -0.3 is 28.4 Å². The average Bonchev–Trinajstić information content (AvgIpc) is 3.47. The van der Waals surface area contributed by atoms with E-state index in [0.29, 0.717) is 56.3 Å². The van der Waals surface area contributed by atoms with E-state index in [1.165, 1.54) is 6.08 Å². The highest BCUT2D eigenvalue weighted by Crippen LogP contribution is 2.27. The molecule has 2 amide bonds. The zero-order valence-electron chi connectivity index (χ0n) is 22.3. The van der Waals surface area contributed by atoms with Crippen molar-refractivity contribution in [1.82, 2.24) is 9.80 Å². The van der Waals surface area contributed by atoms with E-state index in [1.807, 2.05) is 54.6 Å². The Balaban J connectivity index is 1.73. The molecule has 0 spiro atoms. The molecule has 0 saturated carbocycles. The number of hydrogen-bond acceptors (Lipinski definition) is 6. The number of methoxy groups -OCH3 is 3. The van der Waals surface area contributed by atoms with Gasteiger partial charge in [0.2, 0.25) is 11.8 Å². The highest BCUT2D eigenvalue weighted by molar-refractivity contribution is 5.94. The minimum atomic E-state index is -0.226. The molecule has 1 heterocycles. The van der Waals surface area contributed by atoms with E-state index in [1.54, 1.807) is 49.5 Å². The minimum absolute atomic E-state index is 0.0473. The molecule has 202 valence electrons. The number of ether oxygens (including phenoxy) is 3. The fourth-order valence-electron chi connectivity index (χ4n) is 3.95. The summed E-state index contributed by atoms with van der Waals surface area (Å²) in [5.74, 6) is 1.56. The van der Waals surface area contributed by atoms with Crippen molar-refractivity contribution in [2.75, 3.05) is 47.6 Å². The number of amides is 2. The molecule has 3 rings (SSSR count). The summed E-state index contributed by atoms with van der Waals surface area (Å²) in [6, 6.07) is 18.9. The van der Waals surface area contributed by atoms with Crippen LogP contribution < -0.4 is 9.47 Å². The molecule has 1 aromatic heterocycles. The van der Waals surface area contributed by atoms with E-state index < -0.39 is 0 Å². The molecule has 0 N–H and O–H groups in total. The van der Waals surface area contributed by atoms with Crippen LogP contribution in [0.5, 0.6) is 11.5 Å². The van der Waals surface area contributed by atoms with Crippen LogP contribution in [0, 0.1) is 0 Å². The number of benzene rings is 2. The van der Waals surface area contributed by atoms with Crippen molar-refractivity contribution in [1.29, 1.82) is 0 Å². The second-order valence-electron chi connectivity index (χ2n) is 8.68. The Bertz CT molecular complexity index is 1160. The molecule has 8 heteroatoms. The monoisotopic (exact) mass is 520 g/mol. The summed E-state index contributed by atoms with van der Waals surface area (Å²) >= 11 is 0. The molecule has 0 atom stereocenters. The lowest BCUT2D eigenvalue weighted by Crippen LogP contribution is -2.43. The van der Waals surface area contributed by atoms with Gasteiger partial charge in [-0.3, -0.25) is 9.59 Å². The van der Waals surface area contributed by atoms with Crippen LogP contribution in [0.1, 0.15) is 23.3 Å². The van der Waals surface area contributed by atoms with Crippen LogP contribution >= 0.6 is 0 Å². The summed E-state index contributed by atoms with van der Waals surface area (Å²) in [6.45, 7) is 1.60. The Morgan fingerprint density at radius 1 is 0.895 bits per heavy atom. The molecule has 2 aromatic carbocycles. The lowest BCUT2D eigenvalue weighted by Gasteiger charge is -2.27. The third-order valence-corrected chi connectivity index (χ3v) is 6.03. The number of carbonyl (C=O) groups is 2. The molecular formula is C30H36N2O6. The highest BCUT2D eigenvalue weighted by Gasteiger charge is 2.21. The molecule has 0 bridgehead atoms. The van der Waals surface area contributed by atoms with Crippen molar-refractivity contribution in [3.05, 3.63) is 89.9 Å². The largest absolute Gasteiger partial charge is 0.493 e. The summed E-state index contributed by atoms with van der Waals surface area (Å²) in [6.07, 6.45) is 6.07. The Morgan fingerprint density at radius 3 is 2.37 bits per heavy atom. The number of nitrogens with zero attached hydrogens (tertiary/aromatic N) is 2. The van der Waals surface area contributed by atoms with Crippen molar-refractivity contribution >= 4 is 17.9 Å². The van der Waals surface area contributed by atoms with Gasteiger partial charge >= 0.3 is 0 Å². The lowest BCUT2D eigenvalue weighted by molar-refractivity contribution is -0.138. The molecule has 0 unspecified atom stereocenters. The second-order valence-corrected chi connectivity index (χ2v) is 8.68. The first-order chi connectivity index (χ1) is 18.5. The van der Waals surface area contributed by atoms with Gasteiger partial charge in [-0.15, -0.1) is 0 Å². The number of carbonyl (C=O) groups excluding carboxylic acids is 2. The molecule has 0 radical (unpaired) electrons. The maximum absolute atomic E-state index is 13.5. The van der Waals surface area contributed by atoms with Crippen LogP contribution in [-0.2, 0) is 27.3 Å². The van der Waals surface area contributed by atoms with Crippen LogP contribution in [0.3, 0.4) is 0 Å². The van der Waals surface area contributed by atoms with E-state index in [0.717, 1.165) is 11.1 Å². The summed E-state index contributed by atoms with van der Waals surface area (Å²) < 4.78 is 21.4. The lowest BCUT2D eigenvalue weighted by atomic mass is 10.1. The van der Waals surface area contributed by atoms with Gasteiger partial charge in [-0.05, 0) is 54.3 Å². The minimum Gasteiger partial charge on any atom is -0.493 e. The van der Waals surface area contributed by atoms with Crippen molar-refractivity contribution in [3.63, 3.8) is 0 Å². The van der Waals surface area contributed by atoms with Crippen LogP contribution in [0.4, 0.5) is 0 Å². The Kier molecular flexibility index (Phi) is 11.5. The van der Waals surface area contributed by atoms with Gasteiger partial charge in [0.15, 0.2) is 11.5 Å². The molecule has 0 aliphatic carbocycles. The van der Waals surface area contributed by atoms with Crippen molar-refractivity contribution in [3.8, 4) is 11.5 Å². The zero-order chi connectivity index (χ0) is 27.2. The topological polar surface area (TPSA) is 81.5 Å². The summed E-state index contributed by atoms with van der Waals surface area (Å²) in [5, 5.41) is 0. The summed E-state index contributed by atoms with van der Waals surface area (Å²) in [4.78, 5) is 29.9. The van der Waals surface area contributed by atoms with Gasteiger partial charge in [-0.1, -0.05) is 36.4 Å². The fraction of sp³-hybridized carbons (Fsp3) is 0.333. The zero-order valence-corrected chi connectivity index (χ0v) is 22.3. The summed E-state index contributed by atoms with van der Waals surface area (Å²) in [5.41, 5.74) is 1.91. The smallest absolute Gasteiger partial charge is 0.247 e. The molecule has 0 aliphatic heterocycles. The second kappa shape index (κ2) is 15.3. The van der Waals surface area contributed by atoms with E-state index in [-0.39, 0.29) is 18.4 Å². The van der Waals surface area contributed by atoms with E-state index in [2.05, 4.69) is 0 Å². The maximum Gasteiger partial charge on any atom is 0.247 e. The van der Waals surface area contributed by atoms with Gasteiger partial charge in [0.05, 0.1) is 27.0 Å². The van der Waals surface area contributed by atoms with Crippen LogP contribution in [0.15, 0.2) is 77.4 Å². The Labute approximate surface area is 224 Å². The number of rotatable bonds is 15. The molecule has 3 aromatic rings. The van der Waals surface area contributed by atoms with E-state index in [9.17, 15) is 9.59 Å². The standard InChI is InChI=1S/C30H36N2O6/c1-35-19-8-17-31(29(33)15-13-24-9-5-4-6-10-24)23-30(34)32(22-26-11-7-20-38-26)18-16-25-12-14-27(36-2)28(21-25)37-3/h4-7,9-15,20-21H,8,16-19,22-23H2,1-3H3. The van der Waals surface area contributed by atoms with Gasteiger partial charge in [-0.2, -0.15) is 0 Å². The molecule has 8 nitrogen and oxygen atoms in total. The molecule has 0 saturated heterocycles. The van der Waals surface area contributed by atoms with Crippen LogP contribution in [-0.4, -0.2) is 69.2 Å². The summed E-state index contributed by atoms with van der Waals surface area (Å²) in [7, 11) is 4.80. The molecule has 0 fully saturated rings. The predicted octanol–water partition coefficient (Wildman–Crippen LogP) is 4.45.